The smallest absolute Gasteiger partial charge is 0.314 e. The summed E-state index contributed by atoms with van der Waals surface area (Å²) >= 11 is 4.65. The lowest BCUT2D eigenvalue weighted by Crippen LogP contribution is -2.57. The van der Waals surface area contributed by atoms with Crippen LogP contribution in [-0.4, -0.2) is 82.7 Å². The Balaban J connectivity index is 1.46. The minimum absolute atomic E-state index is 0.00308. The number of carbonyl (C=O) groups is 4. The molecule has 1 aliphatic heterocycles. The first-order chi connectivity index (χ1) is 18.1. The predicted octanol–water partition coefficient (Wildman–Crippen LogP) is 1.79. The Labute approximate surface area is 233 Å². The predicted molar refractivity (Wildman–Crippen MR) is 147 cm³/mol. The Bertz CT molecular complexity index is 1200. The number of aromatic nitrogens is 2. The monoisotopic (exact) mass is 605 g/mol. The van der Waals surface area contributed by atoms with Crippen molar-refractivity contribution in [1.29, 1.82) is 0 Å². The molecule has 0 radical (unpaired) electrons. The maximum Gasteiger partial charge on any atom is 0.314 e. The van der Waals surface area contributed by atoms with Gasteiger partial charge in [0.1, 0.15) is 5.82 Å². The van der Waals surface area contributed by atoms with Crippen molar-refractivity contribution in [3.63, 3.8) is 0 Å². The average molecular weight is 607 g/mol. The second kappa shape index (κ2) is 12.3. The summed E-state index contributed by atoms with van der Waals surface area (Å²) in [7, 11) is 3.78. The molecular formula is C25H32BrN7O4S. The number of rotatable bonds is 6. The fraction of sp³-hybridized carbons (Fsp3) is 0.520. The zero-order valence-electron chi connectivity index (χ0n) is 21.6. The van der Waals surface area contributed by atoms with Crippen LogP contribution < -0.4 is 16.0 Å². The summed E-state index contributed by atoms with van der Waals surface area (Å²) in [6.45, 7) is 4.13. The lowest BCUT2D eigenvalue weighted by molar-refractivity contribution is -0.137. The number of amides is 4. The van der Waals surface area contributed by atoms with Gasteiger partial charge in [-0.2, -0.15) is 0 Å². The van der Waals surface area contributed by atoms with Gasteiger partial charge in [0.05, 0.1) is 11.7 Å². The first-order valence-electron chi connectivity index (χ1n) is 12.6. The molecule has 204 valence electrons. The van der Waals surface area contributed by atoms with Crippen LogP contribution in [0.5, 0.6) is 0 Å². The second-order valence-corrected chi connectivity index (χ2v) is 11.7. The van der Waals surface area contributed by atoms with Crippen molar-refractivity contribution in [2.24, 2.45) is 5.92 Å². The van der Waals surface area contributed by atoms with Gasteiger partial charge in [-0.25, -0.2) is 9.97 Å². The van der Waals surface area contributed by atoms with Crippen LogP contribution in [0.4, 0.5) is 5.82 Å². The lowest BCUT2D eigenvalue weighted by Gasteiger charge is -2.37. The van der Waals surface area contributed by atoms with Gasteiger partial charge in [0.25, 0.3) is 5.91 Å². The van der Waals surface area contributed by atoms with Crippen molar-refractivity contribution in [1.82, 2.24) is 30.4 Å². The van der Waals surface area contributed by atoms with Gasteiger partial charge in [0.15, 0.2) is 5.01 Å². The van der Waals surface area contributed by atoms with E-state index in [0.29, 0.717) is 30.8 Å². The molecule has 11 nitrogen and oxygen atoms in total. The van der Waals surface area contributed by atoms with Crippen molar-refractivity contribution in [2.75, 3.05) is 32.5 Å². The van der Waals surface area contributed by atoms with E-state index in [1.54, 1.807) is 24.1 Å². The van der Waals surface area contributed by atoms with Crippen molar-refractivity contribution in [3.8, 4) is 0 Å². The van der Waals surface area contributed by atoms with E-state index in [0.717, 1.165) is 34.6 Å². The highest BCUT2D eigenvalue weighted by molar-refractivity contribution is 9.10. The molecule has 13 heteroatoms. The van der Waals surface area contributed by atoms with Gasteiger partial charge < -0.3 is 25.8 Å². The van der Waals surface area contributed by atoms with E-state index in [1.165, 1.54) is 17.5 Å². The molecular weight excluding hydrogens is 574 g/mol. The molecule has 0 saturated heterocycles. The number of nitrogens with zero attached hydrogens (tertiary/aromatic N) is 4. The van der Waals surface area contributed by atoms with Crippen LogP contribution in [0.1, 0.15) is 46.6 Å². The average Bonchev–Trinajstić information content (AvgIpc) is 3.33. The number of thiazole rings is 1. The highest BCUT2D eigenvalue weighted by Gasteiger charge is 2.38. The zero-order valence-corrected chi connectivity index (χ0v) is 24.0. The van der Waals surface area contributed by atoms with Crippen LogP contribution >= 0.6 is 27.3 Å². The molecule has 38 heavy (non-hydrogen) atoms. The molecule has 2 aromatic heterocycles. The molecule has 4 amide bonds. The highest BCUT2D eigenvalue weighted by Crippen LogP contribution is 2.28. The number of carbonyl (C=O) groups excluding carboxylic acids is 4. The SMILES string of the molecule is CCN(C)C(=O)[C@H]1CC[C@H](NC(=O)C(=O)Nc2ccc(Br)cn2)[C@H](NC(=O)c2nc3c(s2)CN(C)CC3)C1. The van der Waals surface area contributed by atoms with Crippen molar-refractivity contribution in [2.45, 2.75) is 51.2 Å². The van der Waals surface area contributed by atoms with Gasteiger partial charge in [-0.05, 0) is 61.3 Å². The topological polar surface area (TPSA) is 137 Å². The van der Waals surface area contributed by atoms with E-state index < -0.39 is 23.9 Å². The summed E-state index contributed by atoms with van der Waals surface area (Å²) in [5.41, 5.74) is 0.947. The number of fused-ring (bicyclic) bond motifs is 1. The van der Waals surface area contributed by atoms with E-state index >= 15 is 0 Å². The fourth-order valence-corrected chi connectivity index (χ4v) is 6.03. The van der Waals surface area contributed by atoms with Crippen molar-refractivity contribution >= 4 is 56.7 Å². The standard InChI is InChI=1S/C25H32BrN7O4S/c1-4-33(3)25(37)14-5-7-16(28-21(34)22(35)31-20-8-6-15(26)12-27-20)18(11-14)29-23(36)24-30-17-9-10-32(2)13-19(17)38-24/h6,8,12,14,16,18H,4-5,7,9-11,13H2,1-3H3,(H,28,34)(H,29,36)(H,27,31,35)/t14-,16-,18+/m0/s1. The summed E-state index contributed by atoms with van der Waals surface area (Å²) in [5.74, 6) is -2.07. The zero-order chi connectivity index (χ0) is 27.4. The number of likely N-dealkylation sites (N-methyl/N-ethyl adjacent to an activating group) is 1. The molecule has 1 saturated carbocycles. The second-order valence-electron chi connectivity index (χ2n) is 9.71. The fourth-order valence-electron chi connectivity index (χ4n) is 4.70. The van der Waals surface area contributed by atoms with Gasteiger partial charge in [-0.1, -0.05) is 0 Å². The quantitative estimate of drug-likeness (QED) is 0.427. The van der Waals surface area contributed by atoms with Crippen LogP contribution in [-0.2, 0) is 27.3 Å². The molecule has 0 spiro atoms. The largest absolute Gasteiger partial charge is 0.346 e. The molecule has 3 N–H and O–H groups in total. The van der Waals surface area contributed by atoms with Crippen LogP contribution in [0.15, 0.2) is 22.8 Å². The van der Waals surface area contributed by atoms with E-state index in [1.807, 2.05) is 14.0 Å². The highest BCUT2D eigenvalue weighted by atomic mass is 79.9. The molecule has 0 aromatic carbocycles. The molecule has 0 unspecified atom stereocenters. The van der Waals surface area contributed by atoms with E-state index in [-0.39, 0.29) is 23.6 Å². The van der Waals surface area contributed by atoms with Gasteiger partial charge in [0.2, 0.25) is 5.91 Å². The van der Waals surface area contributed by atoms with E-state index in [2.05, 4.69) is 46.7 Å². The number of nitrogens with one attached hydrogen (secondary N) is 3. The third kappa shape index (κ3) is 6.75. The number of hydrogen-bond acceptors (Lipinski definition) is 8. The van der Waals surface area contributed by atoms with Gasteiger partial charge in [-0.15, -0.1) is 11.3 Å². The van der Waals surface area contributed by atoms with Crippen LogP contribution in [0, 0.1) is 5.92 Å². The molecule has 3 atom stereocenters. The van der Waals surface area contributed by atoms with Crippen LogP contribution in [0.2, 0.25) is 0 Å². The van der Waals surface area contributed by atoms with E-state index in [9.17, 15) is 19.2 Å². The summed E-state index contributed by atoms with van der Waals surface area (Å²) in [6, 6.07) is 2.21. The Morgan fingerprint density at radius 1 is 1.16 bits per heavy atom. The summed E-state index contributed by atoms with van der Waals surface area (Å²) in [6.07, 6.45) is 3.63. The summed E-state index contributed by atoms with van der Waals surface area (Å²) < 4.78 is 0.742. The maximum atomic E-state index is 13.2. The normalized spacial score (nSPS) is 21.2. The summed E-state index contributed by atoms with van der Waals surface area (Å²) in [5, 5.41) is 8.62. The third-order valence-corrected chi connectivity index (χ3v) is 8.52. The van der Waals surface area contributed by atoms with Crippen LogP contribution in [0.25, 0.3) is 0 Å². The molecule has 2 aliphatic rings. The number of pyridine rings is 1. The number of anilines is 1. The minimum atomic E-state index is -0.856. The lowest BCUT2D eigenvalue weighted by atomic mass is 9.81. The van der Waals surface area contributed by atoms with Gasteiger partial charge >= 0.3 is 11.8 Å². The summed E-state index contributed by atoms with van der Waals surface area (Å²) in [4.78, 5) is 64.9. The Hall–Kier alpha value is -2.90. The Kier molecular flexibility index (Phi) is 9.11. The van der Waals surface area contributed by atoms with Crippen LogP contribution in [0.3, 0.4) is 0 Å². The molecule has 1 aliphatic carbocycles. The maximum absolute atomic E-state index is 13.2. The molecule has 1 fully saturated rings. The van der Waals surface area contributed by atoms with Gasteiger partial charge in [0, 0.05) is 60.6 Å². The first kappa shape index (κ1) is 28.1. The minimum Gasteiger partial charge on any atom is -0.346 e. The molecule has 4 rings (SSSR count). The van der Waals surface area contributed by atoms with E-state index in [4.69, 9.17) is 0 Å². The van der Waals surface area contributed by atoms with Crippen molar-refractivity contribution < 1.29 is 19.2 Å². The molecule has 3 heterocycles. The third-order valence-electron chi connectivity index (χ3n) is 6.97. The first-order valence-corrected chi connectivity index (χ1v) is 14.2. The van der Waals surface area contributed by atoms with Gasteiger partial charge in [-0.3, -0.25) is 19.2 Å². The Morgan fingerprint density at radius 3 is 2.66 bits per heavy atom. The number of hydrogen-bond donors (Lipinski definition) is 3. The van der Waals surface area contributed by atoms with Crippen molar-refractivity contribution in [3.05, 3.63) is 38.4 Å². The number of halogens is 1. The molecule has 0 bridgehead atoms. The molecule has 2 aromatic rings. The Morgan fingerprint density at radius 2 is 1.95 bits per heavy atom.